The number of aromatic nitrogens is 1. The van der Waals surface area contributed by atoms with Crippen LogP contribution in [0.5, 0.6) is 0 Å². The molecule has 14 nitrogen and oxygen atoms in total. The third kappa shape index (κ3) is 2.52. The van der Waals surface area contributed by atoms with E-state index < -0.39 is 72.8 Å². The minimum Gasteiger partial charge on any atom is -0.478 e. The highest BCUT2D eigenvalue weighted by Gasteiger charge is 2.36. The summed E-state index contributed by atoms with van der Waals surface area (Å²) in [6.07, 6.45) is 0. The van der Waals surface area contributed by atoms with Crippen molar-refractivity contribution in [2.75, 3.05) is 5.73 Å². The van der Waals surface area contributed by atoms with Crippen molar-refractivity contribution >= 4 is 35.0 Å². The van der Waals surface area contributed by atoms with E-state index in [4.69, 9.17) is 10.8 Å². The monoisotopic (exact) mass is 389 g/mol. The van der Waals surface area contributed by atoms with Gasteiger partial charge in [-0.05, 0) is 0 Å². The number of nitro benzene ring substituents is 2. The van der Waals surface area contributed by atoms with Gasteiger partial charge in [0.25, 0.3) is 17.4 Å². The summed E-state index contributed by atoms with van der Waals surface area (Å²) in [5.41, 5.74) is -0.244. The lowest BCUT2D eigenvalue weighted by Gasteiger charge is -2.12. The summed E-state index contributed by atoms with van der Waals surface area (Å²) >= 11 is 0. The standard InChI is InChI=1S/C14H7N5O9/c15-11-9-5(12(21)16-13(9)22)3-8(20)17(11)10-6(18(25)26)1-4(14(23)24)2-7(10)19(27)28/h1-3H,15H2,(H,23,24)(H,16,21,22). The molecular weight excluding hydrogens is 382 g/mol. The zero-order valence-electron chi connectivity index (χ0n) is 13.4. The number of hydrogen-bond donors (Lipinski definition) is 3. The van der Waals surface area contributed by atoms with E-state index in [9.17, 15) is 39.4 Å². The van der Waals surface area contributed by atoms with Gasteiger partial charge in [0.2, 0.25) is 5.69 Å². The van der Waals surface area contributed by atoms with Gasteiger partial charge >= 0.3 is 17.3 Å². The number of carbonyl (C=O) groups excluding carboxylic acids is 2. The van der Waals surface area contributed by atoms with Crippen LogP contribution in [0.3, 0.4) is 0 Å². The second-order valence-corrected chi connectivity index (χ2v) is 5.46. The Kier molecular flexibility index (Phi) is 3.88. The van der Waals surface area contributed by atoms with Gasteiger partial charge in [0.1, 0.15) is 5.82 Å². The molecule has 0 radical (unpaired) electrons. The van der Waals surface area contributed by atoms with Crippen molar-refractivity contribution in [1.82, 2.24) is 9.88 Å². The number of hydrogen-bond acceptors (Lipinski definition) is 9. The van der Waals surface area contributed by atoms with Crippen molar-refractivity contribution in [3.05, 3.63) is 65.5 Å². The highest BCUT2D eigenvalue weighted by molar-refractivity contribution is 6.23. The summed E-state index contributed by atoms with van der Waals surface area (Å²) in [5, 5.41) is 33.7. The van der Waals surface area contributed by atoms with Gasteiger partial charge in [0.05, 0.1) is 26.5 Å². The van der Waals surface area contributed by atoms with Gasteiger partial charge in [0.15, 0.2) is 0 Å². The predicted octanol–water partition coefficient (Wildman–Crippen LogP) is -0.182. The normalized spacial score (nSPS) is 12.4. The predicted molar refractivity (Wildman–Crippen MR) is 88.5 cm³/mol. The minimum atomic E-state index is -1.68. The Balaban J connectivity index is 2.51. The Hall–Kier alpha value is -4.62. The smallest absolute Gasteiger partial charge is 0.336 e. The zero-order valence-corrected chi connectivity index (χ0v) is 13.4. The summed E-state index contributed by atoms with van der Waals surface area (Å²) in [5.74, 6) is -4.36. The molecule has 28 heavy (non-hydrogen) atoms. The molecule has 0 bridgehead atoms. The third-order valence-corrected chi connectivity index (χ3v) is 3.89. The van der Waals surface area contributed by atoms with Crippen LogP contribution in [-0.4, -0.2) is 37.3 Å². The SMILES string of the molecule is Nc1c2c(cc(=O)n1-c1c([N+](=O)[O-])cc(C(=O)O)cc1[N+](=O)[O-])C(=O)NC2=O. The number of pyridine rings is 1. The van der Waals surface area contributed by atoms with E-state index >= 15 is 0 Å². The van der Waals surface area contributed by atoms with Crippen LogP contribution in [0.4, 0.5) is 17.2 Å². The van der Waals surface area contributed by atoms with E-state index in [-0.39, 0.29) is 0 Å². The molecule has 3 rings (SSSR count). The maximum Gasteiger partial charge on any atom is 0.336 e. The lowest BCUT2D eigenvalue weighted by Crippen LogP contribution is -2.25. The first-order valence-corrected chi connectivity index (χ1v) is 7.16. The molecule has 0 unspecified atom stereocenters. The number of carboxylic acid groups (broad SMARTS) is 1. The Bertz CT molecular complexity index is 1160. The van der Waals surface area contributed by atoms with Gasteiger partial charge in [-0.1, -0.05) is 0 Å². The lowest BCUT2D eigenvalue weighted by atomic mass is 10.1. The number of nitrogens with zero attached hydrogens (tertiary/aromatic N) is 3. The third-order valence-electron chi connectivity index (χ3n) is 3.89. The highest BCUT2D eigenvalue weighted by Crippen LogP contribution is 2.36. The number of nitrogens with two attached hydrogens (primary N) is 1. The molecule has 0 saturated heterocycles. The van der Waals surface area contributed by atoms with E-state index in [2.05, 4.69) is 0 Å². The van der Waals surface area contributed by atoms with Crippen LogP contribution in [0.25, 0.3) is 5.69 Å². The van der Waals surface area contributed by atoms with E-state index in [1.807, 2.05) is 5.32 Å². The van der Waals surface area contributed by atoms with E-state index in [0.717, 1.165) is 0 Å². The van der Waals surface area contributed by atoms with Crippen LogP contribution in [0.2, 0.25) is 0 Å². The largest absolute Gasteiger partial charge is 0.478 e. The quantitative estimate of drug-likeness (QED) is 0.355. The maximum atomic E-state index is 12.5. The molecule has 1 aromatic carbocycles. The van der Waals surface area contributed by atoms with E-state index in [0.29, 0.717) is 22.8 Å². The van der Waals surface area contributed by atoms with Gasteiger partial charge < -0.3 is 10.8 Å². The summed E-state index contributed by atoms with van der Waals surface area (Å²) in [4.78, 5) is 67.7. The second-order valence-electron chi connectivity index (χ2n) is 5.46. The molecule has 142 valence electrons. The number of aromatic carboxylic acids is 1. The number of nitrogens with one attached hydrogen (secondary N) is 1. The molecule has 4 N–H and O–H groups in total. The average molecular weight is 389 g/mol. The Labute approximate surface area is 152 Å². The van der Waals surface area contributed by atoms with E-state index in [1.165, 1.54) is 0 Å². The average Bonchev–Trinajstić information content (AvgIpc) is 2.87. The van der Waals surface area contributed by atoms with Crippen LogP contribution in [-0.2, 0) is 0 Å². The number of anilines is 1. The highest BCUT2D eigenvalue weighted by atomic mass is 16.6. The topological polar surface area (TPSA) is 218 Å². The van der Waals surface area contributed by atoms with Gasteiger partial charge in [-0.2, -0.15) is 0 Å². The Morgan fingerprint density at radius 3 is 2.04 bits per heavy atom. The number of amides is 2. The summed E-state index contributed by atoms with van der Waals surface area (Å²) in [7, 11) is 0. The first-order chi connectivity index (χ1) is 13.0. The molecule has 0 saturated carbocycles. The Morgan fingerprint density at radius 2 is 1.57 bits per heavy atom. The fourth-order valence-electron chi connectivity index (χ4n) is 2.75. The van der Waals surface area contributed by atoms with Crippen molar-refractivity contribution in [1.29, 1.82) is 0 Å². The molecule has 0 spiro atoms. The molecule has 2 amide bonds. The molecule has 1 aliphatic heterocycles. The number of nitrogen functional groups attached to an aromatic ring is 1. The number of carboxylic acids is 1. The number of fused-ring (bicyclic) bond motifs is 1. The first-order valence-electron chi connectivity index (χ1n) is 7.16. The number of nitro groups is 2. The molecular formula is C14H7N5O9. The summed E-state index contributed by atoms with van der Waals surface area (Å²) in [6, 6.07) is 1.66. The van der Waals surface area contributed by atoms with Crippen molar-refractivity contribution < 1.29 is 29.3 Å². The van der Waals surface area contributed by atoms with Crippen LogP contribution >= 0.6 is 0 Å². The van der Waals surface area contributed by atoms with Crippen LogP contribution in [0.15, 0.2) is 23.0 Å². The van der Waals surface area contributed by atoms with Gasteiger partial charge in [0, 0.05) is 18.2 Å². The molecule has 2 aromatic rings. The maximum absolute atomic E-state index is 12.5. The van der Waals surface area contributed by atoms with Crippen LogP contribution in [0, 0.1) is 20.2 Å². The zero-order chi connectivity index (χ0) is 20.9. The molecule has 0 atom stereocenters. The van der Waals surface area contributed by atoms with Gasteiger partial charge in [-0.25, -0.2) is 9.36 Å². The molecule has 0 aliphatic carbocycles. The minimum absolute atomic E-state index is 0.318. The fourth-order valence-corrected chi connectivity index (χ4v) is 2.75. The van der Waals surface area contributed by atoms with Crippen molar-refractivity contribution in [3.63, 3.8) is 0 Å². The molecule has 1 aliphatic rings. The van der Waals surface area contributed by atoms with E-state index in [1.54, 1.807) is 0 Å². The van der Waals surface area contributed by atoms with Gasteiger partial charge in [-0.3, -0.25) is 39.9 Å². The summed E-state index contributed by atoms with van der Waals surface area (Å²) in [6.45, 7) is 0. The lowest BCUT2D eigenvalue weighted by molar-refractivity contribution is -0.393. The van der Waals surface area contributed by atoms with Crippen molar-refractivity contribution in [3.8, 4) is 5.69 Å². The van der Waals surface area contributed by atoms with Crippen LogP contribution < -0.4 is 16.6 Å². The Morgan fingerprint density at radius 1 is 1.04 bits per heavy atom. The van der Waals surface area contributed by atoms with Gasteiger partial charge in [-0.15, -0.1) is 0 Å². The summed E-state index contributed by atoms with van der Waals surface area (Å²) < 4.78 is 0.318. The fraction of sp³-hybridized carbons (Fsp3) is 0. The number of carbonyl (C=O) groups is 3. The number of benzene rings is 1. The molecule has 2 heterocycles. The van der Waals surface area contributed by atoms with Crippen molar-refractivity contribution in [2.24, 2.45) is 0 Å². The molecule has 0 fully saturated rings. The van der Waals surface area contributed by atoms with Crippen molar-refractivity contribution in [2.45, 2.75) is 0 Å². The number of rotatable bonds is 4. The molecule has 14 heteroatoms. The van der Waals surface area contributed by atoms with Crippen LogP contribution in [0.1, 0.15) is 31.1 Å². The first kappa shape index (κ1) is 18.2. The molecule has 1 aromatic heterocycles. The number of imide groups is 1. The second kappa shape index (κ2) is 5.97.